The fraction of sp³-hybridized carbons (Fsp3) is 0.468. The highest BCUT2D eigenvalue weighted by molar-refractivity contribution is 7.55. The summed E-state index contributed by atoms with van der Waals surface area (Å²) in [6.07, 6.45) is 0.868. The maximum absolute atomic E-state index is 13.3. The van der Waals surface area contributed by atoms with E-state index in [2.05, 4.69) is 99.6 Å². The van der Waals surface area contributed by atoms with E-state index in [1.54, 1.807) is 21.1 Å². The van der Waals surface area contributed by atoms with Crippen molar-refractivity contribution >= 4 is 32.1 Å². The topological polar surface area (TPSA) is 98.8 Å². The first-order chi connectivity index (χ1) is 27.6. The van der Waals surface area contributed by atoms with Gasteiger partial charge in [-0.15, -0.1) is 5.92 Å². The van der Waals surface area contributed by atoms with Crippen molar-refractivity contribution in [3.05, 3.63) is 103 Å². The smallest absolute Gasteiger partial charge is 0.340 e. The van der Waals surface area contributed by atoms with Gasteiger partial charge in [0.25, 0.3) is 8.32 Å². The zero-order chi connectivity index (χ0) is 42.8. The molecule has 0 N–H and O–H groups in total. The van der Waals surface area contributed by atoms with E-state index in [1.165, 1.54) is 14.2 Å². The van der Waals surface area contributed by atoms with E-state index in [9.17, 15) is 9.36 Å². The van der Waals surface area contributed by atoms with E-state index in [1.807, 2.05) is 50.2 Å². The minimum Gasteiger partial charge on any atom is -0.497 e. The Balaban J connectivity index is 2.02. The van der Waals surface area contributed by atoms with Gasteiger partial charge in [-0.1, -0.05) is 123 Å². The number of carbonyl (C=O) groups is 1. The minimum atomic E-state index is -3.57. The highest BCUT2D eigenvalue weighted by atomic mass is 31.2. The quantitative estimate of drug-likeness (QED) is 0.0246. The first-order valence-corrected chi connectivity index (χ1v) is 23.1. The third-order valence-corrected chi connectivity index (χ3v) is 17.5. The molecule has 0 aliphatic rings. The molecule has 3 aromatic rings. The highest BCUT2D eigenvalue weighted by Gasteiger charge is 2.52. The fourth-order valence-corrected chi connectivity index (χ4v) is 12.6. The van der Waals surface area contributed by atoms with Gasteiger partial charge < -0.3 is 32.4 Å². The molecule has 0 aromatic heterocycles. The molecule has 0 bridgehead atoms. The Labute approximate surface area is 348 Å². The molecule has 11 heteroatoms. The Morgan fingerprint density at radius 1 is 0.862 bits per heavy atom. The molecule has 3 rings (SSSR count). The van der Waals surface area contributed by atoms with Crippen LogP contribution in [-0.4, -0.2) is 73.3 Å². The predicted molar refractivity (Wildman–Crippen MR) is 235 cm³/mol. The summed E-state index contributed by atoms with van der Waals surface area (Å²) in [6, 6.07) is 28.6. The lowest BCUT2D eigenvalue weighted by Crippen LogP contribution is -2.67. The number of ketones is 1. The number of hydrogen-bond donors (Lipinski definition) is 0. The molecule has 4 atom stereocenters. The number of benzene rings is 3. The van der Waals surface area contributed by atoms with Gasteiger partial charge in [-0.3, -0.25) is 9.36 Å². The Hall–Kier alpha value is -3.80. The molecule has 0 saturated carbocycles. The van der Waals surface area contributed by atoms with Crippen LogP contribution in [0.3, 0.4) is 0 Å². The molecule has 0 heterocycles. The predicted octanol–water partition coefficient (Wildman–Crippen LogP) is 8.74. The van der Waals surface area contributed by atoms with Gasteiger partial charge in [0, 0.05) is 40.6 Å². The Kier molecular flexibility index (Phi) is 19.3. The number of methoxy groups -OCH3 is 2. The Bertz CT molecular complexity index is 1860. The summed E-state index contributed by atoms with van der Waals surface area (Å²) >= 11 is 0. The van der Waals surface area contributed by atoms with E-state index in [0.29, 0.717) is 25.9 Å². The Morgan fingerprint density at radius 2 is 1.45 bits per heavy atom. The summed E-state index contributed by atoms with van der Waals surface area (Å²) in [5.41, 5.74) is -0.0766. The van der Waals surface area contributed by atoms with Crippen LogP contribution in [0.15, 0.2) is 97.1 Å². The van der Waals surface area contributed by atoms with Crippen molar-refractivity contribution in [2.75, 3.05) is 41.8 Å². The monoisotopic (exact) mass is 830 g/mol. The normalized spacial score (nSPS) is 14.4. The van der Waals surface area contributed by atoms with Gasteiger partial charge >= 0.3 is 7.60 Å². The van der Waals surface area contributed by atoms with Gasteiger partial charge in [0.15, 0.2) is 0 Å². The van der Waals surface area contributed by atoms with Crippen LogP contribution in [0.2, 0.25) is 5.04 Å². The van der Waals surface area contributed by atoms with Crippen LogP contribution in [0, 0.1) is 29.6 Å². The van der Waals surface area contributed by atoms with E-state index < -0.39 is 33.3 Å². The first-order valence-electron chi connectivity index (χ1n) is 19.6. The second-order valence-corrected chi connectivity index (χ2v) is 22.4. The van der Waals surface area contributed by atoms with Crippen LogP contribution >= 0.6 is 7.60 Å². The lowest BCUT2D eigenvalue weighted by molar-refractivity contribution is -0.119. The molecule has 3 aromatic carbocycles. The third-order valence-electron chi connectivity index (χ3n) is 10.2. The zero-order valence-electron chi connectivity index (χ0n) is 36.1. The number of carbonyl (C=O) groups excluding carboxylic acids is 1. The molecule has 9 nitrogen and oxygen atoms in total. The SMILES string of the molecule is C=C(C)[C@@H](CCC#CC(CC(C)(C#CCOCc1ccc(OC)cc1)OCOC)O[Si](c1ccccc1)(c1ccccc1)C(C)(C)C)CC(=O)C(C)P(=O)(OC)OC. The second kappa shape index (κ2) is 23.1. The molecular formula is C47H63O9PSi. The number of Topliss-reactive ketones (excluding diaryl/α,β-unsaturated/α-hetero) is 1. The number of allylic oxidation sites excluding steroid dienone is 1. The van der Waals surface area contributed by atoms with Crippen molar-refractivity contribution in [2.45, 2.75) is 96.2 Å². The van der Waals surface area contributed by atoms with Gasteiger partial charge in [-0.25, -0.2) is 0 Å². The van der Waals surface area contributed by atoms with Gasteiger partial charge in [0.1, 0.15) is 42.3 Å². The largest absolute Gasteiger partial charge is 0.497 e. The summed E-state index contributed by atoms with van der Waals surface area (Å²) in [6.45, 7) is 16.8. The molecule has 0 fully saturated rings. The molecule has 3 unspecified atom stereocenters. The van der Waals surface area contributed by atoms with Crippen molar-refractivity contribution in [1.29, 1.82) is 0 Å². The van der Waals surface area contributed by atoms with Crippen molar-refractivity contribution < 1.29 is 41.8 Å². The standard InChI is InChI=1S/C47H63O9PSi/c1-37(2)40(33-45(48)38(3)57(49,52-10)53-11)21-18-19-22-42(56-58(46(4,5)6,43-23-14-12-15-24-43)44-25-16-13-17-26-44)34-47(7,55-36-50-8)31-20-32-54-35-39-27-29-41(51-9)30-28-39/h12-17,23-30,38,40,42H,1,18,21,32-36H2,2-11H3/t38?,40-,42?,47?/m0/s1. The van der Waals surface area contributed by atoms with Crippen molar-refractivity contribution in [1.82, 2.24) is 0 Å². The second-order valence-electron chi connectivity index (χ2n) is 15.6. The third kappa shape index (κ3) is 13.6. The maximum Gasteiger partial charge on any atom is 0.340 e. The van der Waals surface area contributed by atoms with Gasteiger partial charge in [-0.2, -0.15) is 0 Å². The molecule has 0 aliphatic heterocycles. The summed E-state index contributed by atoms with van der Waals surface area (Å²) in [5, 5.41) is 1.93. The summed E-state index contributed by atoms with van der Waals surface area (Å²) in [4.78, 5) is 13.3. The highest BCUT2D eigenvalue weighted by Crippen LogP contribution is 2.52. The lowest BCUT2D eigenvalue weighted by atomic mass is 9.90. The minimum absolute atomic E-state index is 0.0169. The van der Waals surface area contributed by atoms with Crippen LogP contribution in [0.1, 0.15) is 72.8 Å². The van der Waals surface area contributed by atoms with Gasteiger partial charge in [0.05, 0.1) is 13.7 Å². The van der Waals surface area contributed by atoms with Crippen LogP contribution in [0.25, 0.3) is 0 Å². The Morgan fingerprint density at radius 3 is 1.95 bits per heavy atom. The van der Waals surface area contributed by atoms with Crippen LogP contribution in [-0.2, 0) is 43.7 Å². The van der Waals surface area contributed by atoms with E-state index in [-0.39, 0.29) is 36.6 Å². The van der Waals surface area contributed by atoms with Crippen molar-refractivity contribution in [2.24, 2.45) is 5.92 Å². The summed E-state index contributed by atoms with van der Waals surface area (Å²) in [5.74, 6) is 13.8. The fourth-order valence-electron chi connectivity index (χ4n) is 6.82. The maximum atomic E-state index is 13.3. The molecule has 0 spiro atoms. The summed E-state index contributed by atoms with van der Waals surface area (Å²) in [7, 11) is -0.838. The van der Waals surface area contributed by atoms with Crippen LogP contribution in [0.4, 0.5) is 0 Å². The molecule has 0 aliphatic carbocycles. The average Bonchev–Trinajstić information content (AvgIpc) is 3.22. The van der Waals surface area contributed by atoms with E-state index in [4.69, 9.17) is 32.4 Å². The van der Waals surface area contributed by atoms with Crippen molar-refractivity contribution in [3.63, 3.8) is 0 Å². The van der Waals surface area contributed by atoms with Crippen molar-refractivity contribution in [3.8, 4) is 29.4 Å². The number of ether oxygens (including phenoxy) is 4. The zero-order valence-corrected chi connectivity index (χ0v) is 38.0. The molecule has 0 amide bonds. The van der Waals surface area contributed by atoms with E-state index in [0.717, 1.165) is 27.3 Å². The lowest BCUT2D eigenvalue weighted by Gasteiger charge is -2.45. The summed E-state index contributed by atoms with van der Waals surface area (Å²) < 4.78 is 53.6. The van der Waals surface area contributed by atoms with Gasteiger partial charge in [-0.05, 0) is 66.2 Å². The van der Waals surface area contributed by atoms with Crippen LogP contribution in [0.5, 0.6) is 5.75 Å². The van der Waals surface area contributed by atoms with Crippen LogP contribution < -0.4 is 15.1 Å². The molecule has 58 heavy (non-hydrogen) atoms. The van der Waals surface area contributed by atoms with Gasteiger partial charge in [0.2, 0.25) is 0 Å². The molecule has 314 valence electrons. The molecule has 0 saturated heterocycles. The first kappa shape index (κ1) is 48.6. The average molecular weight is 831 g/mol. The number of hydrogen-bond acceptors (Lipinski definition) is 9. The molecular weight excluding hydrogens is 768 g/mol. The van der Waals surface area contributed by atoms with E-state index >= 15 is 0 Å². The molecule has 0 radical (unpaired) electrons. The number of rotatable bonds is 22.